The lowest BCUT2D eigenvalue weighted by molar-refractivity contribution is -0.106. The Morgan fingerprint density at radius 2 is 1.43 bits per heavy atom. The number of aliphatic hydroxyl groups is 1. The highest BCUT2D eigenvalue weighted by Gasteiger charge is 2.18. The van der Waals surface area contributed by atoms with Gasteiger partial charge in [-0.25, -0.2) is 22.5 Å². The first kappa shape index (κ1) is 51.7. The molecule has 0 atom stereocenters. The fourth-order valence-corrected chi connectivity index (χ4v) is 3.75. The van der Waals surface area contributed by atoms with E-state index in [0.717, 1.165) is 18.0 Å². The summed E-state index contributed by atoms with van der Waals surface area (Å²) >= 11 is 3.53. The summed E-state index contributed by atoms with van der Waals surface area (Å²) in [6.45, 7) is 22.7. The van der Waals surface area contributed by atoms with Crippen LogP contribution in [0.4, 0.5) is 17.6 Å². The molecular formula is C37H66F4N2O3S. The minimum Gasteiger partial charge on any atom is -0.472 e. The highest BCUT2D eigenvalue weighted by Crippen LogP contribution is 2.23. The van der Waals surface area contributed by atoms with Crippen LogP contribution in [-0.4, -0.2) is 53.9 Å². The first-order valence-corrected chi connectivity index (χ1v) is 17.4. The number of nitrogens with one attached hydrogen (secondary N) is 1. The molecule has 0 aliphatic carbocycles. The maximum atomic E-state index is 13.9. The number of aryl methyl sites for hydroxylation is 2. The minimum atomic E-state index is -2.64. The molecular weight excluding hydrogens is 628 g/mol. The van der Waals surface area contributed by atoms with E-state index in [1.54, 1.807) is 12.3 Å². The normalized spacial score (nSPS) is 10.4. The minimum absolute atomic E-state index is 0.0787. The van der Waals surface area contributed by atoms with E-state index in [0.29, 0.717) is 29.0 Å². The molecule has 0 fully saturated rings. The Balaban J connectivity index is -0.000000319. The number of halogens is 4. The molecule has 0 aliphatic heterocycles. The zero-order chi connectivity index (χ0) is 37.8. The predicted octanol–water partition coefficient (Wildman–Crippen LogP) is 10.2. The van der Waals surface area contributed by atoms with Crippen molar-refractivity contribution < 1.29 is 32.2 Å². The van der Waals surface area contributed by atoms with Crippen molar-refractivity contribution in [3.05, 3.63) is 58.3 Å². The number of nitrogens with zero attached hydrogens (tertiary/aromatic N) is 1. The van der Waals surface area contributed by atoms with E-state index in [2.05, 4.69) is 50.7 Å². The topological polar surface area (TPSA) is 71.5 Å². The molecule has 0 unspecified atom stereocenters. The van der Waals surface area contributed by atoms with E-state index in [4.69, 9.17) is 14.6 Å². The number of carbonyl (C=O) groups is 1. The van der Waals surface area contributed by atoms with Gasteiger partial charge in [-0.05, 0) is 101 Å². The summed E-state index contributed by atoms with van der Waals surface area (Å²) in [5.74, 6) is -0.650. The third kappa shape index (κ3) is 25.5. The molecule has 0 bridgehead atoms. The summed E-state index contributed by atoms with van der Waals surface area (Å²) in [7, 11) is 2.06. The largest absolute Gasteiger partial charge is 0.472 e. The summed E-state index contributed by atoms with van der Waals surface area (Å²) in [4.78, 5) is 12.4. The lowest BCUT2D eigenvalue weighted by Crippen LogP contribution is -2.39. The second-order valence-corrected chi connectivity index (χ2v) is 11.6. The third-order valence-electron chi connectivity index (χ3n) is 7.15. The van der Waals surface area contributed by atoms with E-state index in [1.807, 2.05) is 55.4 Å². The smallest absolute Gasteiger partial charge is 0.272 e. The van der Waals surface area contributed by atoms with Crippen molar-refractivity contribution in [2.45, 2.75) is 139 Å². The van der Waals surface area contributed by atoms with Gasteiger partial charge in [0.05, 0.1) is 11.8 Å². The Bertz CT molecular complexity index is 1040. The van der Waals surface area contributed by atoms with Gasteiger partial charge in [-0.15, -0.1) is 0 Å². The maximum absolute atomic E-state index is 13.9. The number of thiol groups is 1. The van der Waals surface area contributed by atoms with Crippen LogP contribution in [0.3, 0.4) is 0 Å². The number of carbonyl (C=O) groups excluding carboxylic acids is 1. The van der Waals surface area contributed by atoms with Crippen LogP contribution in [0.1, 0.15) is 124 Å². The molecule has 276 valence electrons. The molecule has 1 aromatic carbocycles. The number of hydrogen-bond acceptors (Lipinski definition) is 6. The van der Waals surface area contributed by atoms with E-state index >= 15 is 0 Å². The standard InChI is InChI=1S/C17H17F4NO.C9H21N.C6H14O.C2H4O.C2H6.CH4S/c1-3-11-4-10(2)12(6-14(11)18)5-13-7-17(22-8-15(13)19)23-9-16(20)21;1-5-7-9(3,10-4)8-6-2;1-5(2)6(3,4)7;1-2-3;2*1-2/h4,6-8,16H,3,5,9H2,1-2H3;10H,5-8H2,1-4H3;5,7H,1-4H3;2H,1H3;1-2H3;2H,1H3. The van der Waals surface area contributed by atoms with Crippen molar-refractivity contribution in [2.75, 3.05) is 19.9 Å². The van der Waals surface area contributed by atoms with Crippen molar-refractivity contribution in [1.82, 2.24) is 10.3 Å². The van der Waals surface area contributed by atoms with Gasteiger partial charge in [-0.2, -0.15) is 12.6 Å². The lowest BCUT2D eigenvalue weighted by atomic mass is 9.91. The van der Waals surface area contributed by atoms with E-state index in [9.17, 15) is 17.6 Å². The van der Waals surface area contributed by atoms with Crippen LogP contribution in [-0.2, 0) is 17.6 Å². The van der Waals surface area contributed by atoms with Crippen molar-refractivity contribution in [2.24, 2.45) is 5.92 Å². The molecule has 1 aromatic heterocycles. The first-order chi connectivity index (χ1) is 21.9. The zero-order valence-corrected chi connectivity index (χ0v) is 32.6. The number of aromatic nitrogens is 1. The van der Waals surface area contributed by atoms with Gasteiger partial charge in [0.2, 0.25) is 5.88 Å². The quantitative estimate of drug-likeness (QED) is 0.117. The number of pyridine rings is 1. The lowest BCUT2D eigenvalue weighted by Gasteiger charge is -2.28. The van der Waals surface area contributed by atoms with E-state index in [1.165, 1.54) is 44.7 Å². The second-order valence-electron chi connectivity index (χ2n) is 11.6. The Morgan fingerprint density at radius 3 is 1.79 bits per heavy atom. The molecule has 0 saturated carbocycles. The summed E-state index contributed by atoms with van der Waals surface area (Å²) < 4.78 is 56.9. The predicted molar refractivity (Wildman–Crippen MR) is 195 cm³/mol. The highest BCUT2D eigenvalue weighted by molar-refractivity contribution is 7.79. The molecule has 0 amide bonds. The molecule has 5 nitrogen and oxygen atoms in total. The first-order valence-electron chi connectivity index (χ1n) is 16.5. The number of hydrogen-bond donors (Lipinski definition) is 3. The highest BCUT2D eigenvalue weighted by atomic mass is 32.1. The SMILES string of the molecule is CC.CC(C)C(C)(C)O.CC=O.CCCC(C)(CCC)NC.CCc1cc(C)c(Cc2cc(OCC(F)F)ncc2F)cc1F.CS. The number of rotatable bonds is 12. The molecule has 47 heavy (non-hydrogen) atoms. The number of benzene rings is 1. The van der Waals surface area contributed by atoms with Gasteiger partial charge in [-0.3, -0.25) is 0 Å². The van der Waals surface area contributed by atoms with Crippen LogP contribution in [0.15, 0.2) is 24.4 Å². The Morgan fingerprint density at radius 1 is 0.957 bits per heavy atom. The fourth-order valence-electron chi connectivity index (χ4n) is 3.75. The Kier molecular flexibility index (Phi) is 32.9. The molecule has 2 rings (SSSR count). The monoisotopic (exact) mass is 694 g/mol. The fraction of sp³-hybridized carbons (Fsp3) is 0.676. The van der Waals surface area contributed by atoms with Gasteiger partial charge in [0, 0.05) is 18.0 Å². The summed E-state index contributed by atoms with van der Waals surface area (Å²) in [6.07, 6.45) is 6.56. The summed E-state index contributed by atoms with van der Waals surface area (Å²) in [6, 6.07) is 4.38. The Hall–Kier alpha value is -2.17. The second kappa shape index (κ2) is 29.9. The summed E-state index contributed by atoms with van der Waals surface area (Å²) in [5, 5.41) is 12.5. The zero-order valence-electron chi connectivity index (χ0n) is 31.7. The molecule has 10 heteroatoms. The molecule has 2 N–H and O–H groups in total. The number of aldehydes is 1. The van der Waals surface area contributed by atoms with E-state index < -0.39 is 24.5 Å². The molecule has 0 saturated heterocycles. The van der Waals surface area contributed by atoms with Crippen molar-refractivity contribution in [3.63, 3.8) is 0 Å². The number of ether oxygens (including phenoxy) is 1. The van der Waals surface area contributed by atoms with Crippen LogP contribution >= 0.6 is 12.6 Å². The van der Waals surface area contributed by atoms with Gasteiger partial charge in [-0.1, -0.05) is 67.4 Å². The molecule has 0 spiro atoms. The van der Waals surface area contributed by atoms with Gasteiger partial charge in [0.25, 0.3) is 6.43 Å². The molecule has 0 radical (unpaired) electrons. The molecule has 0 aliphatic rings. The van der Waals surface area contributed by atoms with Crippen LogP contribution in [0.25, 0.3) is 0 Å². The van der Waals surface area contributed by atoms with Gasteiger partial charge in [0.15, 0.2) is 6.61 Å². The average Bonchev–Trinajstić information content (AvgIpc) is 3.02. The van der Waals surface area contributed by atoms with Crippen molar-refractivity contribution in [1.29, 1.82) is 0 Å². The van der Waals surface area contributed by atoms with Crippen molar-refractivity contribution >= 4 is 18.9 Å². The van der Waals surface area contributed by atoms with Crippen LogP contribution in [0.5, 0.6) is 5.88 Å². The van der Waals surface area contributed by atoms with E-state index in [-0.39, 0.29) is 23.7 Å². The van der Waals surface area contributed by atoms with Crippen LogP contribution in [0, 0.1) is 24.5 Å². The van der Waals surface area contributed by atoms with Gasteiger partial charge in [0.1, 0.15) is 17.9 Å². The van der Waals surface area contributed by atoms with Gasteiger partial charge >= 0.3 is 0 Å². The molecule has 2 aromatic rings. The number of alkyl halides is 2. The van der Waals surface area contributed by atoms with Gasteiger partial charge < -0.3 is 20.0 Å². The summed E-state index contributed by atoms with van der Waals surface area (Å²) in [5.41, 5.74) is 2.18. The van der Waals surface area contributed by atoms with Crippen LogP contribution in [0.2, 0.25) is 0 Å². The Labute approximate surface area is 290 Å². The molecule has 1 heterocycles. The third-order valence-corrected chi connectivity index (χ3v) is 7.15. The van der Waals surface area contributed by atoms with Crippen LogP contribution < -0.4 is 10.1 Å². The van der Waals surface area contributed by atoms with Crippen molar-refractivity contribution in [3.8, 4) is 5.88 Å². The average molecular weight is 695 g/mol. The maximum Gasteiger partial charge on any atom is 0.272 e.